The van der Waals surface area contributed by atoms with Crippen LogP contribution in [-0.4, -0.2) is 17.3 Å². The second kappa shape index (κ2) is 4.92. The van der Waals surface area contributed by atoms with Crippen LogP contribution in [0.5, 0.6) is 0 Å². The Morgan fingerprint density at radius 3 is 2.79 bits per heavy atom. The van der Waals surface area contributed by atoms with Crippen LogP contribution in [-0.2, 0) is 4.74 Å². The molecule has 0 amide bonds. The third-order valence-corrected chi connectivity index (χ3v) is 5.21. The molecule has 1 aromatic rings. The van der Waals surface area contributed by atoms with Crippen LogP contribution < -0.4 is 0 Å². The summed E-state index contributed by atoms with van der Waals surface area (Å²) in [6, 6.07) is 6.25. The van der Waals surface area contributed by atoms with Crippen molar-refractivity contribution in [3.8, 4) is 0 Å². The van der Waals surface area contributed by atoms with E-state index >= 15 is 0 Å². The molecule has 1 aliphatic carbocycles. The lowest BCUT2D eigenvalue weighted by Crippen LogP contribution is -2.46. The molecule has 2 unspecified atom stereocenters. The van der Waals surface area contributed by atoms with Gasteiger partial charge in [0.15, 0.2) is 0 Å². The third kappa shape index (κ3) is 2.32. The SMILES string of the molecule is Cc1cccc(C(O)C2CCOC3(CCC3)C2)c1C. The fourth-order valence-electron chi connectivity index (χ4n) is 3.60. The van der Waals surface area contributed by atoms with Gasteiger partial charge in [0.2, 0.25) is 0 Å². The molecule has 1 spiro atoms. The van der Waals surface area contributed by atoms with E-state index in [0.717, 1.165) is 25.0 Å². The van der Waals surface area contributed by atoms with Crippen LogP contribution in [0.3, 0.4) is 0 Å². The van der Waals surface area contributed by atoms with Gasteiger partial charge < -0.3 is 9.84 Å². The number of hydrogen-bond donors (Lipinski definition) is 1. The van der Waals surface area contributed by atoms with Gasteiger partial charge in [-0.25, -0.2) is 0 Å². The minimum atomic E-state index is -0.332. The van der Waals surface area contributed by atoms with Crippen molar-refractivity contribution in [3.63, 3.8) is 0 Å². The van der Waals surface area contributed by atoms with Crippen molar-refractivity contribution in [1.82, 2.24) is 0 Å². The molecule has 2 nitrogen and oxygen atoms in total. The lowest BCUT2D eigenvalue weighted by atomic mass is 9.70. The first-order valence-electron chi connectivity index (χ1n) is 7.49. The van der Waals surface area contributed by atoms with Crippen LogP contribution in [0.15, 0.2) is 18.2 Å². The van der Waals surface area contributed by atoms with Crippen LogP contribution >= 0.6 is 0 Å². The van der Waals surface area contributed by atoms with Crippen LogP contribution in [0.4, 0.5) is 0 Å². The quantitative estimate of drug-likeness (QED) is 0.879. The monoisotopic (exact) mass is 260 g/mol. The average molecular weight is 260 g/mol. The summed E-state index contributed by atoms with van der Waals surface area (Å²) in [6.07, 6.45) is 5.33. The maximum Gasteiger partial charge on any atom is 0.0822 e. The van der Waals surface area contributed by atoms with E-state index in [1.807, 2.05) is 0 Å². The number of aliphatic hydroxyl groups excluding tert-OH is 1. The van der Waals surface area contributed by atoms with Crippen molar-refractivity contribution < 1.29 is 9.84 Å². The molecule has 2 fully saturated rings. The molecule has 3 rings (SSSR count). The fraction of sp³-hybridized carbons (Fsp3) is 0.647. The van der Waals surface area contributed by atoms with Gasteiger partial charge in [-0.1, -0.05) is 18.2 Å². The van der Waals surface area contributed by atoms with E-state index in [9.17, 15) is 5.11 Å². The van der Waals surface area contributed by atoms with Crippen LogP contribution in [0.1, 0.15) is 54.9 Å². The van der Waals surface area contributed by atoms with Gasteiger partial charge in [0, 0.05) is 6.61 Å². The van der Waals surface area contributed by atoms with Gasteiger partial charge in [-0.05, 0) is 68.6 Å². The molecule has 2 heteroatoms. The minimum absolute atomic E-state index is 0.113. The Kier molecular flexibility index (Phi) is 3.40. The summed E-state index contributed by atoms with van der Waals surface area (Å²) in [7, 11) is 0. The van der Waals surface area contributed by atoms with Crippen LogP contribution in [0, 0.1) is 19.8 Å². The molecule has 2 aliphatic rings. The first kappa shape index (κ1) is 13.1. The minimum Gasteiger partial charge on any atom is -0.388 e. The van der Waals surface area contributed by atoms with E-state index in [2.05, 4.69) is 32.0 Å². The molecule has 0 bridgehead atoms. The summed E-state index contributed by atoms with van der Waals surface area (Å²) >= 11 is 0. The molecule has 0 radical (unpaired) electrons. The Balaban J connectivity index is 1.79. The highest BCUT2D eigenvalue weighted by molar-refractivity contribution is 5.35. The molecule has 1 saturated carbocycles. The predicted molar refractivity (Wildman–Crippen MR) is 76.1 cm³/mol. The Morgan fingerprint density at radius 2 is 2.11 bits per heavy atom. The summed E-state index contributed by atoms with van der Waals surface area (Å²) in [6.45, 7) is 5.04. The van der Waals surface area contributed by atoms with Gasteiger partial charge in [-0.2, -0.15) is 0 Å². The van der Waals surface area contributed by atoms with Crippen molar-refractivity contribution in [3.05, 3.63) is 34.9 Å². The first-order chi connectivity index (χ1) is 9.11. The summed E-state index contributed by atoms with van der Waals surface area (Å²) in [5.74, 6) is 0.356. The normalized spacial score (nSPS) is 27.0. The maximum atomic E-state index is 10.7. The van der Waals surface area contributed by atoms with E-state index in [4.69, 9.17) is 4.74 Å². The lowest BCUT2D eigenvalue weighted by molar-refractivity contribution is -0.157. The highest BCUT2D eigenvalue weighted by Gasteiger charge is 2.44. The van der Waals surface area contributed by atoms with E-state index in [1.54, 1.807) is 0 Å². The molecule has 1 saturated heterocycles. The van der Waals surface area contributed by atoms with Gasteiger partial charge in [0.1, 0.15) is 0 Å². The number of hydrogen-bond acceptors (Lipinski definition) is 2. The number of rotatable bonds is 2. The molecule has 19 heavy (non-hydrogen) atoms. The van der Waals surface area contributed by atoms with E-state index in [0.29, 0.717) is 5.92 Å². The standard InChI is InChI=1S/C17H24O2/c1-12-5-3-6-15(13(12)2)16(18)14-7-10-19-17(11-14)8-4-9-17/h3,5-6,14,16,18H,4,7-11H2,1-2H3. The predicted octanol–water partition coefficient (Wildman–Crippen LogP) is 3.69. The van der Waals surface area contributed by atoms with Crippen LogP contribution in [0.2, 0.25) is 0 Å². The maximum absolute atomic E-state index is 10.7. The average Bonchev–Trinajstić information content (AvgIpc) is 2.39. The van der Waals surface area contributed by atoms with Crippen molar-refractivity contribution in [2.45, 2.75) is 57.7 Å². The topological polar surface area (TPSA) is 29.5 Å². The Hall–Kier alpha value is -0.860. The fourth-order valence-corrected chi connectivity index (χ4v) is 3.60. The zero-order chi connectivity index (χ0) is 13.5. The Labute approximate surface area is 115 Å². The molecule has 104 valence electrons. The highest BCUT2D eigenvalue weighted by atomic mass is 16.5. The molecular weight excluding hydrogens is 236 g/mol. The van der Waals surface area contributed by atoms with Crippen molar-refractivity contribution in [2.24, 2.45) is 5.92 Å². The van der Waals surface area contributed by atoms with Crippen molar-refractivity contribution >= 4 is 0 Å². The van der Waals surface area contributed by atoms with Gasteiger partial charge in [-0.3, -0.25) is 0 Å². The molecule has 1 N–H and O–H groups in total. The van der Waals surface area contributed by atoms with Gasteiger partial charge >= 0.3 is 0 Å². The molecule has 0 aromatic heterocycles. The molecule has 1 aromatic carbocycles. The lowest BCUT2D eigenvalue weighted by Gasteiger charge is -2.48. The van der Waals surface area contributed by atoms with Crippen molar-refractivity contribution in [1.29, 1.82) is 0 Å². The zero-order valence-electron chi connectivity index (χ0n) is 12.0. The second-order valence-corrected chi connectivity index (χ2v) is 6.37. The van der Waals surface area contributed by atoms with E-state index in [-0.39, 0.29) is 11.7 Å². The first-order valence-corrected chi connectivity index (χ1v) is 7.49. The van der Waals surface area contributed by atoms with E-state index < -0.39 is 0 Å². The molecule has 1 heterocycles. The molecular formula is C17H24O2. The highest BCUT2D eigenvalue weighted by Crippen LogP contribution is 2.47. The summed E-state index contributed by atoms with van der Waals surface area (Å²) in [4.78, 5) is 0. The van der Waals surface area contributed by atoms with Crippen LogP contribution in [0.25, 0.3) is 0 Å². The number of benzene rings is 1. The second-order valence-electron chi connectivity index (χ2n) is 6.37. The molecule has 1 aliphatic heterocycles. The van der Waals surface area contributed by atoms with Gasteiger partial charge in [-0.15, -0.1) is 0 Å². The smallest absolute Gasteiger partial charge is 0.0822 e. The van der Waals surface area contributed by atoms with Gasteiger partial charge in [0.05, 0.1) is 11.7 Å². The third-order valence-electron chi connectivity index (χ3n) is 5.21. The van der Waals surface area contributed by atoms with E-state index in [1.165, 1.54) is 30.4 Å². The number of aryl methyl sites for hydroxylation is 1. The zero-order valence-corrected chi connectivity index (χ0v) is 12.0. The molecule has 2 atom stereocenters. The largest absolute Gasteiger partial charge is 0.388 e. The summed E-state index contributed by atoms with van der Waals surface area (Å²) < 4.78 is 5.96. The number of ether oxygens (including phenoxy) is 1. The van der Waals surface area contributed by atoms with Gasteiger partial charge in [0.25, 0.3) is 0 Å². The summed E-state index contributed by atoms with van der Waals surface area (Å²) in [5.41, 5.74) is 3.73. The Bertz CT molecular complexity index is 462. The van der Waals surface area contributed by atoms with Crippen molar-refractivity contribution in [2.75, 3.05) is 6.61 Å². The number of aliphatic hydroxyl groups is 1. The summed E-state index contributed by atoms with van der Waals surface area (Å²) in [5, 5.41) is 10.7. The Morgan fingerprint density at radius 1 is 1.32 bits per heavy atom.